The molecule has 0 atom stereocenters. The van der Waals surface area contributed by atoms with E-state index in [0.29, 0.717) is 0 Å². The fraction of sp³-hybridized carbons (Fsp3) is 0.0800. The predicted molar refractivity (Wildman–Crippen MR) is 114 cm³/mol. The van der Waals surface area contributed by atoms with Crippen molar-refractivity contribution in [1.29, 1.82) is 0 Å². The quantitative estimate of drug-likeness (QED) is 0.416. The van der Waals surface area contributed by atoms with Crippen molar-refractivity contribution in [3.63, 3.8) is 0 Å². The van der Waals surface area contributed by atoms with Gasteiger partial charge in [-0.05, 0) is 52.5 Å². The maximum Gasteiger partial charge on any atom is 0.247 e. The second kappa shape index (κ2) is 8.81. The minimum atomic E-state index is -0.208. The maximum absolute atomic E-state index is 11.5. The Morgan fingerprint density at radius 1 is 0.815 bits per heavy atom. The van der Waals surface area contributed by atoms with Crippen molar-refractivity contribution >= 4 is 22.7 Å². The zero-order valence-electron chi connectivity index (χ0n) is 15.5. The summed E-state index contributed by atoms with van der Waals surface area (Å²) in [7, 11) is 0. The molecule has 0 saturated carbocycles. The van der Waals surface area contributed by atoms with E-state index in [1.165, 1.54) is 28.3 Å². The third-order valence-electron chi connectivity index (χ3n) is 4.47. The van der Waals surface area contributed by atoms with Gasteiger partial charge in [-0.1, -0.05) is 86.3 Å². The molecule has 0 bridgehead atoms. The highest BCUT2D eigenvalue weighted by atomic mass is 16.1. The highest BCUT2D eigenvalue weighted by Crippen LogP contribution is 2.34. The molecule has 0 aliphatic carbocycles. The number of anilines is 1. The predicted octanol–water partition coefficient (Wildman–Crippen LogP) is 6.18. The third-order valence-corrected chi connectivity index (χ3v) is 4.47. The summed E-state index contributed by atoms with van der Waals surface area (Å²) in [5, 5.41) is 2.80. The number of hydrogen-bond donors (Lipinski definition) is 1. The van der Waals surface area contributed by atoms with Gasteiger partial charge in [0.1, 0.15) is 0 Å². The molecule has 3 aromatic carbocycles. The first kappa shape index (κ1) is 18.4. The van der Waals surface area contributed by atoms with Gasteiger partial charge in [0.15, 0.2) is 0 Å². The smallest absolute Gasteiger partial charge is 0.247 e. The van der Waals surface area contributed by atoms with Crippen molar-refractivity contribution in [2.75, 3.05) is 5.32 Å². The molecule has 3 rings (SSSR count). The summed E-state index contributed by atoms with van der Waals surface area (Å²) in [6.45, 7) is 5.68. The van der Waals surface area contributed by atoms with E-state index < -0.39 is 0 Å². The maximum atomic E-state index is 11.5. The highest BCUT2D eigenvalue weighted by Gasteiger charge is 2.12. The topological polar surface area (TPSA) is 29.1 Å². The van der Waals surface area contributed by atoms with Gasteiger partial charge in [-0.3, -0.25) is 4.79 Å². The first-order valence-corrected chi connectivity index (χ1v) is 9.10. The molecule has 134 valence electrons. The van der Waals surface area contributed by atoms with Gasteiger partial charge in [-0.15, -0.1) is 0 Å². The molecular weight excluding hydrogens is 330 g/mol. The number of carbonyl (C=O) groups is 1. The Morgan fingerprint density at radius 2 is 1.33 bits per heavy atom. The Bertz CT molecular complexity index is 939. The summed E-state index contributed by atoms with van der Waals surface area (Å²) < 4.78 is 0. The summed E-state index contributed by atoms with van der Waals surface area (Å²) in [5.74, 6) is -0.208. The monoisotopic (exact) mass is 353 g/mol. The number of hydrogen-bond acceptors (Lipinski definition) is 1. The first-order valence-electron chi connectivity index (χ1n) is 9.10. The van der Waals surface area contributed by atoms with Crippen LogP contribution in [0.1, 0.15) is 30.0 Å². The van der Waals surface area contributed by atoms with Crippen LogP contribution in [0.2, 0.25) is 0 Å². The average Bonchev–Trinajstić information content (AvgIpc) is 2.74. The molecule has 0 heterocycles. The van der Waals surface area contributed by atoms with Gasteiger partial charge in [0.25, 0.3) is 0 Å². The molecular formula is C25H23NO. The Labute approximate surface area is 160 Å². The number of nitrogens with one attached hydrogen (secondary N) is 1. The molecule has 0 fully saturated rings. The number of allylic oxidation sites excluding steroid dienone is 1. The van der Waals surface area contributed by atoms with Crippen LogP contribution in [0.15, 0.2) is 97.6 Å². The van der Waals surface area contributed by atoms with E-state index in [0.717, 1.165) is 17.7 Å². The van der Waals surface area contributed by atoms with Crippen LogP contribution in [-0.4, -0.2) is 5.91 Å². The normalized spacial score (nSPS) is 11.4. The highest BCUT2D eigenvalue weighted by molar-refractivity contribution is 6.00. The van der Waals surface area contributed by atoms with Gasteiger partial charge in [0.2, 0.25) is 5.91 Å². The fourth-order valence-electron chi connectivity index (χ4n) is 3.20. The fourth-order valence-corrected chi connectivity index (χ4v) is 3.20. The van der Waals surface area contributed by atoms with E-state index in [9.17, 15) is 4.79 Å². The van der Waals surface area contributed by atoms with E-state index in [-0.39, 0.29) is 5.91 Å². The molecule has 0 radical (unpaired) electrons. The lowest BCUT2D eigenvalue weighted by Gasteiger charge is -2.16. The van der Waals surface area contributed by atoms with Crippen LogP contribution in [0, 0.1) is 0 Å². The Hall–Kier alpha value is -3.39. The van der Waals surface area contributed by atoms with Crippen LogP contribution in [0.4, 0.5) is 5.69 Å². The number of carbonyl (C=O) groups excluding carboxylic acids is 1. The van der Waals surface area contributed by atoms with Crippen molar-refractivity contribution in [2.45, 2.75) is 13.3 Å². The SMILES string of the molecule is C=CC(=O)Nc1ccc(C(=C(CC)c2ccccc2)c2ccccc2)cc1. The van der Waals surface area contributed by atoms with Crippen LogP contribution < -0.4 is 5.32 Å². The second-order valence-electron chi connectivity index (χ2n) is 6.21. The lowest BCUT2D eigenvalue weighted by atomic mass is 9.88. The molecule has 3 aromatic rings. The molecule has 0 saturated heterocycles. The second-order valence-corrected chi connectivity index (χ2v) is 6.21. The molecule has 2 nitrogen and oxygen atoms in total. The number of benzene rings is 3. The number of amides is 1. The van der Waals surface area contributed by atoms with Gasteiger partial charge in [0, 0.05) is 5.69 Å². The van der Waals surface area contributed by atoms with E-state index in [2.05, 4.69) is 79.5 Å². The molecule has 0 aliphatic rings. The number of rotatable bonds is 6. The standard InChI is InChI=1S/C25H23NO/c1-3-23(19-11-7-5-8-12-19)25(20-13-9-6-10-14-20)21-15-17-22(18-16-21)26-24(27)4-2/h4-18H,2-3H2,1H3,(H,26,27). The third kappa shape index (κ3) is 4.42. The van der Waals surface area contributed by atoms with Crippen LogP contribution >= 0.6 is 0 Å². The largest absolute Gasteiger partial charge is 0.323 e. The van der Waals surface area contributed by atoms with E-state index in [1.807, 2.05) is 24.3 Å². The van der Waals surface area contributed by atoms with Crippen molar-refractivity contribution in [1.82, 2.24) is 0 Å². The van der Waals surface area contributed by atoms with Crippen molar-refractivity contribution < 1.29 is 4.79 Å². The first-order chi connectivity index (χ1) is 13.2. The van der Waals surface area contributed by atoms with E-state index in [4.69, 9.17) is 0 Å². The van der Waals surface area contributed by atoms with E-state index in [1.54, 1.807) is 0 Å². The van der Waals surface area contributed by atoms with Crippen LogP contribution in [0.25, 0.3) is 11.1 Å². The van der Waals surface area contributed by atoms with Gasteiger partial charge in [-0.25, -0.2) is 0 Å². The zero-order chi connectivity index (χ0) is 19.1. The molecule has 1 amide bonds. The van der Waals surface area contributed by atoms with Crippen molar-refractivity contribution in [2.24, 2.45) is 0 Å². The van der Waals surface area contributed by atoms with Crippen molar-refractivity contribution in [3.8, 4) is 0 Å². The van der Waals surface area contributed by atoms with Gasteiger partial charge < -0.3 is 5.32 Å². The van der Waals surface area contributed by atoms with Crippen molar-refractivity contribution in [3.05, 3.63) is 114 Å². The van der Waals surface area contributed by atoms with Crippen LogP contribution in [0.5, 0.6) is 0 Å². The van der Waals surface area contributed by atoms with Gasteiger partial charge in [-0.2, -0.15) is 0 Å². The molecule has 0 spiro atoms. The van der Waals surface area contributed by atoms with Gasteiger partial charge >= 0.3 is 0 Å². The Balaban J connectivity index is 2.12. The zero-order valence-corrected chi connectivity index (χ0v) is 15.5. The molecule has 2 heteroatoms. The average molecular weight is 353 g/mol. The Kier molecular flexibility index (Phi) is 6.01. The summed E-state index contributed by atoms with van der Waals surface area (Å²) in [6.07, 6.45) is 2.19. The minimum Gasteiger partial charge on any atom is -0.323 e. The Morgan fingerprint density at radius 3 is 1.85 bits per heavy atom. The van der Waals surface area contributed by atoms with E-state index >= 15 is 0 Å². The lowest BCUT2D eigenvalue weighted by molar-refractivity contribution is -0.111. The summed E-state index contributed by atoms with van der Waals surface area (Å²) in [5.41, 5.74) is 6.80. The van der Waals surface area contributed by atoms with Crippen LogP contribution in [0.3, 0.4) is 0 Å². The molecule has 1 N–H and O–H groups in total. The molecule has 0 aromatic heterocycles. The summed E-state index contributed by atoms with van der Waals surface area (Å²) in [4.78, 5) is 11.5. The minimum absolute atomic E-state index is 0.208. The summed E-state index contributed by atoms with van der Waals surface area (Å²) >= 11 is 0. The summed E-state index contributed by atoms with van der Waals surface area (Å²) in [6, 6.07) is 28.9. The van der Waals surface area contributed by atoms with Crippen LogP contribution in [-0.2, 0) is 4.79 Å². The molecule has 0 unspecified atom stereocenters. The molecule has 27 heavy (non-hydrogen) atoms. The lowest BCUT2D eigenvalue weighted by Crippen LogP contribution is -2.07. The van der Waals surface area contributed by atoms with Gasteiger partial charge in [0.05, 0.1) is 0 Å². The molecule has 0 aliphatic heterocycles.